The highest BCUT2D eigenvalue weighted by atomic mass is 32.2. The minimum atomic E-state index is -4.50. The predicted octanol–water partition coefficient (Wildman–Crippen LogP) is 3.61. The van der Waals surface area contributed by atoms with Crippen molar-refractivity contribution in [3.8, 4) is 0 Å². The first kappa shape index (κ1) is 18.9. The number of thioether (sulfide) groups is 1. The summed E-state index contributed by atoms with van der Waals surface area (Å²) >= 11 is 1.77. The van der Waals surface area contributed by atoms with Gasteiger partial charge < -0.3 is 15.1 Å². The van der Waals surface area contributed by atoms with Gasteiger partial charge in [0.1, 0.15) is 0 Å². The third-order valence-electron chi connectivity index (χ3n) is 3.75. The van der Waals surface area contributed by atoms with E-state index >= 15 is 0 Å². The number of carbonyl (C=O) groups excluding carboxylic acids is 1. The maximum absolute atomic E-state index is 13.1. The van der Waals surface area contributed by atoms with Crippen molar-refractivity contribution in [2.45, 2.75) is 18.6 Å². The van der Waals surface area contributed by atoms with Crippen LogP contribution >= 0.6 is 11.8 Å². The summed E-state index contributed by atoms with van der Waals surface area (Å²) in [6, 6.07) is 4.57. The number of hydrogen-bond acceptors (Lipinski definition) is 3. The van der Waals surface area contributed by atoms with Crippen molar-refractivity contribution >= 4 is 23.5 Å². The minimum Gasteiger partial charge on any atom is -0.319 e. The number of rotatable bonds is 3. The average Bonchev–Trinajstić information content (AvgIpc) is 2.71. The molecule has 1 atom stereocenters. The molecule has 1 saturated heterocycles. The van der Waals surface area contributed by atoms with E-state index in [2.05, 4.69) is 5.32 Å². The van der Waals surface area contributed by atoms with Crippen molar-refractivity contribution in [2.24, 2.45) is 0 Å². The van der Waals surface area contributed by atoms with Gasteiger partial charge in [0, 0.05) is 18.8 Å². The van der Waals surface area contributed by atoms with Gasteiger partial charge in [0.05, 0.1) is 17.3 Å². The lowest BCUT2D eigenvalue weighted by molar-refractivity contribution is -0.136. The molecule has 1 fully saturated rings. The maximum atomic E-state index is 13.1. The fourth-order valence-corrected chi connectivity index (χ4v) is 3.75. The van der Waals surface area contributed by atoms with Gasteiger partial charge in [0.25, 0.3) is 0 Å². The number of amides is 2. The van der Waals surface area contributed by atoms with E-state index in [9.17, 15) is 18.0 Å². The second kappa shape index (κ2) is 8.11. The van der Waals surface area contributed by atoms with Crippen LogP contribution in [0, 0.1) is 0 Å². The molecule has 1 heterocycles. The van der Waals surface area contributed by atoms with Crippen molar-refractivity contribution < 1.29 is 18.0 Å². The lowest BCUT2D eigenvalue weighted by Crippen LogP contribution is -2.48. The largest absolute Gasteiger partial charge is 0.418 e. The number of halogens is 3. The molecular formula is C16H22F3N3OS. The van der Waals surface area contributed by atoms with E-state index in [4.69, 9.17) is 0 Å². The minimum absolute atomic E-state index is 0.0226. The number of likely N-dealkylation sites (N-methyl/N-ethyl adjacent to an activating group) is 1. The molecule has 4 nitrogen and oxygen atoms in total. The van der Waals surface area contributed by atoms with Crippen molar-refractivity contribution in [1.82, 2.24) is 9.80 Å². The van der Waals surface area contributed by atoms with Crippen molar-refractivity contribution in [2.75, 3.05) is 44.0 Å². The van der Waals surface area contributed by atoms with Crippen LogP contribution in [0.4, 0.5) is 23.7 Å². The molecule has 0 radical (unpaired) electrons. The number of anilines is 1. The first-order valence-electron chi connectivity index (χ1n) is 7.75. The molecule has 0 saturated carbocycles. The zero-order valence-corrected chi connectivity index (χ0v) is 14.6. The van der Waals surface area contributed by atoms with Crippen molar-refractivity contribution in [3.05, 3.63) is 29.8 Å². The summed E-state index contributed by atoms with van der Waals surface area (Å²) in [6.45, 7) is 1.23. The molecule has 1 aromatic rings. The van der Waals surface area contributed by atoms with Crippen LogP contribution in [-0.2, 0) is 6.18 Å². The Morgan fingerprint density at radius 3 is 2.75 bits per heavy atom. The van der Waals surface area contributed by atoms with E-state index < -0.39 is 17.8 Å². The molecule has 1 aliphatic rings. The maximum Gasteiger partial charge on any atom is 0.418 e. The molecule has 2 rings (SSSR count). The van der Waals surface area contributed by atoms with Gasteiger partial charge in [0.2, 0.25) is 0 Å². The van der Waals surface area contributed by atoms with Gasteiger partial charge in [0.15, 0.2) is 0 Å². The van der Waals surface area contributed by atoms with Gasteiger partial charge in [-0.2, -0.15) is 24.9 Å². The lowest BCUT2D eigenvalue weighted by Gasteiger charge is -2.32. The number of para-hydroxylation sites is 1. The number of urea groups is 1. The number of hydrogen-bond donors (Lipinski definition) is 1. The number of carbonyl (C=O) groups is 1. The number of nitrogens with zero attached hydrogens (tertiary/aromatic N) is 2. The fraction of sp³-hybridized carbons (Fsp3) is 0.562. The molecule has 1 aromatic carbocycles. The molecule has 0 aromatic heterocycles. The van der Waals surface area contributed by atoms with Crippen LogP contribution in [0.3, 0.4) is 0 Å². The quantitative estimate of drug-likeness (QED) is 0.893. The van der Waals surface area contributed by atoms with Crippen molar-refractivity contribution in [3.63, 3.8) is 0 Å². The fourth-order valence-electron chi connectivity index (χ4n) is 2.70. The summed E-state index contributed by atoms with van der Waals surface area (Å²) in [5.74, 6) is 1.74. The molecule has 2 amide bonds. The molecule has 1 aliphatic heterocycles. The first-order chi connectivity index (χ1) is 11.3. The molecule has 134 valence electrons. The van der Waals surface area contributed by atoms with E-state index in [-0.39, 0.29) is 11.7 Å². The molecule has 0 bridgehead atoms. The molecule has 1 N–H and O–H groups in total. The van der Waals surface area contributed by atoms with Gasteiger partial charge in [-0.25, -0.2) is 4.79 Å². The summed E-state index contributed by atoms with van der Waals surface area (Å²) in [7, 11) is 3.84. The van der Waals surface area contributed by atoms with Crippen LogP contribution in [0.15, 0.2) is 24.3 Å². The number of benzene rings is 1. The van der Waals surface area contributed by atoms with Gasteiger partial charge in [-0.3, -0.25) is 0 Å². The van der Waals surface area contributed by atoms with Gasteiger partial charge in [-0.15, -0.1) is 0 Å². The molecule has 0 aliphatic carbocycles. The van der Waals surface area contributed by atoms with E-state index in [1.165, 1.54) is 18.2 Å². The van der Waals surface area contributed by atoms with Crippen LogP contribution in [0.2, 0.25) is 0 Å². The second-order valence-corrected chi connectivity index (χ2v) is 7.16. The Labute approximate surface area is 144 Å². The monoisotopic (exact) mass is 361 g/mol. The van der Waals surface area contributed by atoms with Crippen LogP contribution in [-0.4, -0.2) is 60.6 Å². The topological polar surface area (TPSA) is 35.6 Å². The third kappa shape index (κ3) is 5.04. The Kier molecular flexibility index (Phi) is 6.40. The van der Waals surface area contributed by atoms with E-state index in [1.807, 2.05) is 19.0 Å². The van der Waals surface area contributed by atoms with Gasteiger partial charge >= 0.3 is 12.2 Å². The Bertz CT molecular complexity index is 566. The lowest BCUT2D eigenvalue weighted by atomic mass is 10.1. The number of nitrogens with one attached hydrogen (secondary N) is 1. The first-order valence-corrected chi connectivity index (χ1v) is 8.91. The molecule has 1 unspecified atom stereocenters. The van der Waals surface area contributed by atoms with Crippen LogP contribution in [0.5, 0.6) is 0 Å². The highest BCUT2D eigenvalue weighted by Gasteiger charge is 2.34. The second-order valence-electron chi connectivity index (χ2n) is 6.01. The van der Waals surface area contributed by atoms with Crippen LogP contribution < -0.4 is 5.32 Å². The zero-order chi connectivity index (χ0) is 17.7. The Morgan fingerprint density at radius 1 is 1.38 bits per heavy atom. The summed E-state index contributed by atoms with van der Waals surface area (Å²) in [5, 5.41) is 2.46. The average molecular weight is 361 g/mol. The normalized spacial score (nSPS) is 19.2. The molecule has 8 heteroatoms. The smallest absolute Gasteiger partial charge is 0.319 e. The predicted molar refractivity (Wildman–Crippen MR) is 91.5 cm³/mol. The Balaban J connectivity index is 2.18. The van der Waals surface area contributed by atoms with E-state index in [0.29, 0.717) is 13.1 Å². The highest BCUT2D eigenvalue weighted by molar-refractivity contribution is 7.99. The summed E-state index contributed by atoms with van der Waals surface area (Å²) in [4.78, 5) is 16.3. The van der Waals surface area contributed by atoms with Crippen molar-refractivity contribution in [1.29, 1.82) is 0 Å². The van der Waals surface area contributed by atoms with E-state index in [0.717, 1.165) is 24.0 Å². The van der Waals surface area contributed by atoms with Crippen LogP contribution in [0.1, 0.15) is 12.0 Å². The Morgan fingerprint density at radius 2 is 2.08 bits per heavy atom. The zero-order valence-electron chi connectivity index (χ0n) is 13.8. The van der Waals surface area contributed by atoms with Gasteiger partial charge in [-0.05, 0) is 38.4 Å². The number of alkyl halides is 3. The van der Waals surface area contributed by atoms with Crippen LogP contribution in [0.25, 0.3) is 0 Å². The van der Waals surface area contributed by atoms with Gasteiger partial charge in [-0.1, -0.05) is 12.1 Å². The Hall–Kier alpha value is -1.41. The highest BCUT2D eigenvalue weighted by Crippen LogP contribution is 2.34. The third-order valence-corrected chi connectivity index (χ3v) is 4.95. The summed E-state index contributed by atoms with van der Waals surface area (Å²) < 4.78 is 39.2. The molecule has 0 spiro atoms. The summed E-state index contributed by atoms with van der Waals surface area (Å²) in [5.41, 5.74) is -1.03. The van der Waals surface area contributed by atoms with E-state index in [1.54, 1.807) is 16.7 Å². The molecular weight excluding hydrogens is 339 g/mol. The SMILES string of the molecule is CN(C)CC1CSCCCN1C(=O)Nc1ccccc1C(F)(F)F. The standard InChI is InChI=1S/C16H22F3N3OS/c1-21(2)10-12-11-24-9-5-8-22(12)15(23)20-14-7-4-3-6-13(14)16(17,18)19/h3-4,6-7,12H,5,8-11H2,1-2H3,(H,20,23). The molecule has 24 heavy (non-hydrogen) atoms. The summed E-state index contributed by atoms with van der Waals surface area (Å²) in [6.07, 6.45) is -3.66.